The van der Waals surface area contributed by atoms with Gasteiger partial charge in [0.25, 0.3) is 5.91 Å². The number of hydrogen-bond donors (Lipinski definition) is 0. The molecule has 2 heterocycles. The smallest absolute Gasteiger partial charge is 0.253 e. The number of rotatable bonds is 5. The number of alkyl halides is 1. The highest BCUT2D eigenvalue weighted by Crippen LogP contribution is 2.42. The molecule has 2 saturated heterocycles. The number of halogens is 2. The minimum Gasteiger partial charge on any atom is -0.490 e. The van der Waals surface area contributed by atoms with Crippen molar-refractivity contribution in [2.75, 3.05) is 26.5 Å². The topological polar surface area (TPSA) is 48.0 Å². The van der Waals surface area contributed by atoms with E-state index in [9.17, 15) is 13.6 Å². The van der Waals surface area contributed by atoms with Crippen molar-refractivity contribution in [2.24, 2.45) is 0 Å². The van der Waals surface area contributed by atoms with Gasteiger partial charge in [-0.3, -0.25) is 4.79 Å². The normalized spacial score (nSPS) is 23.5. The van der Waals surface area contributed by atoms with Gasteiger partial charge in [-0.25, -0.2) is 8.78 Å². The summed E-state index contributed by atoms with van der Waals surface area (Å²) in [5, 5.41) is 0. The van der Waals surface area contributed by atoms with Crippen LogP contribution in [0.2, 0.25) is 0 Å². The van der Waals surface area contributed by atoms with Gasteiger partial charge >= 0.3 is 0 Å². The molecule has 0 N–H and O–H groups in total. The van der Waals surface area contributed by atoms with E-state index < -0.39 is 11.3 Å². The molecule has 4 rings (SSSR count). The van der Waals surface area contributed by atoms with Crippen molar-refractivity contribution in [3.63, 3.8) is 0 Å². The Morgan fingerprint density at radius 3 is 2.71 bits per heavy atom. The van der Waals surface area contributed by atoms with Gasteiger partial charge in [0.2, 0.25) is 0 Å². The number of hydrogen-bond acceptors (Lipinski definition) is 4. The summed E-state index contributed by atoms with van der Waals surface area (Å²) < 4.78 is 44.4. The molecule has 0 unspecified atom stereocenters. The van der Waals surface area contributed by atoms with Gasteiger partial charge < -0.3 is 19.1 Å². The van der Waals surface area contributed by atoms with Crippen molar-refractivity contribution >= 4 is 5.91 Å². The fourth-order valence-corrected chi connectivity index (χ4v) is 4.18. The average molecular weight is 433 g/mol. The number of aryl methyl sites for hydroxylation is 1. The molecule has 5 nitrogen and oxygen atoms in total. The molecule has 0 radical (unpaired) electrons. The molecule has 0 aromatic heterocycles. The van der Waals surface area contributed by atoms with E-state index in [1.807, 2.05) is 6.92 Å². The Hall–Kier alpha value is -2.51. The van der Waals surface area contributed by atoms with Crippen molar-refractivity contribution < 1.29 is 29.2 Å². The molecule has 2 aromatic carbocycles. The number of likely N-dealkylation sites (tertiary alicyclic amines) is 1. The van der Waals surface area contributed by atoms with E-state index in [-0.39, 0.29) is 32.7 Å². The number of carbonyl (C=O) groups excluding carboxylic acids is 1. The van der Waals surface area contributed by atoms with Gasteiger partial charge in [0, 0.05) is 20.0 Å². The second-order valence-electron chi connectivity index (χ2n) is 8.80. The van der Waals surface area contributed by atoms with Crippen molar-refractivity contribution in [1.82, 2.24) is 4.90 Å². The van der Waals surface area contributed by atoms with Crippen molar-refractivity contribution in [1.29, 1.82) is 0 Å². The van der Waals surface area contributed by atoms with Crippen LogP contribution in [0.3, 0.4) is 0 Å². The van der Waals surface area contributed by atoms with Crippen LogP contribution in [0.1, 0.15) is 43.2 Å². The van der Waals surface area contributed by atoms with Gasteiger partial charge in [0.1, 0.15) is 42.3 Å². The van der Waals surface area contributed by atoms with Gasteiger partial charge in [0.05, 0.1) is 6.54 Å². The molecule has 2 aliphatic rings. The Morgan fingerprint density at radius 2 is 2.03 bits per heavy atom. The number of ether oxygens (including phenoxy) is 3. The Bertz CT molecular complexity index is 963. The summed E-state index contributed by atoms with van der Waals surface area (Å²) >= 11 is 0. The predicted molar refractivity (Wildman–Crippen MR) is 113 cm³/mol. The quantitative estimate of drug-likeness (QED) is 0.690. The third-order valence-electron chi connectivity index (χ3n) is 5.86. The maximum atomic E-state index is 13.7. The monoisotopic (exact) mass is 433 g/mol. The average Bonchev–Trinajstić information content (AvgIpc) is 3.16. The third-order valence-corrected chi connectivity index (χ3v) is 5.86. The van der Waals surface area contributed by atoms with Crippen LogP contribution in [-0.2, 0) is 15.1 Å². The Kier molecular flexibility index (Phi) is 5.75. The first-order chi connectivity index (χ1) is 14.7. The Labute approximate surface area is 182 Å². The minimum atomic E-state index is -1.44. The summed E-state index contributed by atoms with van der Waals surface area (Å²) in [4.78, 5) is 14.9. The van der Waals surface area contributed by atoms with Crippen molar-refractivity contribution in [2.45, 2.75) is 44.6 Å². The third kappa shape index (κ3) is 4.43. The van der Waals surface area contributed by atoms with Crippen LogP contribution in [0.4, 0.5) is 8.78 Å². The summed E-state index contributed by atoms with van der Waals surface area (Å²) in [5.41, 5.74) is 0.0641. The summed E-state index contributed by atoms with van der Waals surface area (Å²) in [5.74, 6) is 0.147. The summed E-state index contributed by atoms with van der Waals surface area (Å²) in [7, 11) is 0. The second-order valence-corrected chi connectivity index (χ2v) is 8.80. The van der Waals surface area contributed by atoms with Crippen LogP contribution in [0.15, 0.2) is 42.5 Å². The first kappa shape index (κ1) is 21.7. The lowest BCUT2D eigenvalue weighted by molar-refractivity contribution is -0.0439. The molecule has 7 heteroatoms. The first-order valence-electron chi connectivity index (χ1n) is 10.4. The van der Waals surface area contributed by atoms with E-state index in [1.54, 1.807) is 35.2 Å². The fourth-order valence-electron chi connectivity index (χ4n) is 4.18. The summed E-state index contributed by atoms with van der Waals surface area (Å²) in [6, 6.07) is 11.4. The van der Waals surface area contributed by atoms with Crippen LogP contribution in [0.25, 0.3) is 0 Å². The predicted octanol–water partition coefficient (Wildman–Crippen LogP) is 4.62. The van der Waals surface area contributed by atoms with E-state index in [1.165, 1.54) is 26.0 Å². The van der Waals surface area contributed by atoms with Crippen LogP contribution >= 0.6 is 0 Å². The molecule has 2 atom stereocenters. The fraction of sp³-hybridized carbons (Fsp3) is 0.458. The maximum Gasteiger partial charge on any atom is 0.253 e. The number of fused-ring (bicyclic) bond motifs is 1. The first-order valence-corrected chi connectivity index (χ1v) is 10.4. The molecule has 0 bridgehead atoms. The molecular weight excluding hydrogens is 404 g/mol. The number of piperidine rings is 1. The van der Waals surface area contributed by atoms with Gasteiger partial charge in [-0.05, 0) is 62.2 Å². The van der Waals surface area contributed by atoms with E-state index in [0.717, 1.165) is 11.1 Å². The Morgan fingerprint density at radius 1 is 1.29 bits per heavy atom. The number of amides is 1. The minimum absolute atomic E-state index is 0. The highest BCUT2D eigenvalue weighted by Gasteiger charge is 2.51. The number of carbonyl (C=O) groups is 1. The molecule has 0 aliphatic carbocycles. The van der Waals surface area contributed by atoms with Gasteiger partial charge in [0.15, 0.2) is 0 Å². The summed E-state index contributed by atoms with van der Waals surface area (Å²) in [6.45, 7) is 5.70. The standard InChI is InChI=1S/C24H27F2NO4.H2/c1-16-12-17(4-9-20(16)29-14-23(2,3)26)22(28)27-11-10-24(21(13-27)30-15-31-24)18-5-7-19(25)8-6-18;/h4-9,12,21H,10-11,13-15H2,1-3H3;1H/t21-,24+;/m1./s1. The highest BCUT2D eigenvalue weighted by molar-refractivity contribution is 5.94. The Balaban J connectivity index is 0.00000289. The lowest BCUT2D eigenvalue weighted by Crippen LogP contribution is -2.53. The molecule has 2 aliphatic heterocycles. The molecule has 31 heavy (non-hydrogen) atoms. The lowest BCUT2D eigenvalue weighted by Gasteiger charge is -2.42. The van der Waals surface area contributed by atoms with Gasteiger partial charge in [-0.15, -0.1) is 0 Å². The largest absolute Gasteiger partial charge is 0.490 e. The van der Waals surface area contributed by atoms with Gasteiger partial charge in [-0.1, -0.05) is 12.1 Å². The molecule has 0 spiro atoms. The number of benzene rings is 2. The van der Waals surface area contributed by atoms with Crippen LogP contribution in [0.5, 0.6) is 5.75 Å². The molecule has 1 amide bonds. The second kappa shape index (κ2) is 8.20. The van der Waals surface area contributed by atoms with E-state index in [4.69, 9.17) is 14.2 Å². The molecule has 168 valence electrons. The molecule has 2 aromatic rings. The zero-order chi connectivity index (χ0) is 22.2. The lowest BCUT2D eigenvalue weighted by atomic mass is 9.82. The zero-order valence-corrected chi connectivity index (χ0v) is 18.0. The van der Waals surface area contributed by atoms with E-state index >= 15 is 0 Å². The molecule has 2 fully saturated rings. The zero-order valence-electron chi connectivity index (χ0n) is 18.0. The van der Waals surface area contributed by atoms with E-state index in [0.29, 0.717) is 30.8 Å². The summed E-state index contributed by atoms with van der Waals surface area (Å²) in [6.07, 6.45) is 0.229. The van der Waals surface area contributed by atoms with Crippen LogP contribution < -0.4 is 4.74 Å². The van der Waals surface area contributed by atoms with Gasteiger partial charge in [-0.2, -0.15) is 0 Å². The SMILES string of the molecule is Cc1cc(C(=O)N2CC[C@@]3(c4ccc(F)cc4)OCO[C@@H]3C2)ccc1OCC(C)(C)F.[HH]. The number of nitrogens with zero attached hydrogens (tertiary/aromatic N) is 1. The van der Waals surface area contributed by atoms with Crippen LogP contribution in [-0.4, -0.2) is 49.1 Å². The highest BCUT2D eigenvalue weighted by atomic mass is 19.1. The van der Waals surface area contributed by atoms with E-state index in [2.05, 4.69) is 0 Å². The maximum absolute atomic E-state index is 13.7. The van der Waals surface area contributed by atoms with Crippen molar-refractivity contribution in [3.05, 3.63) is 65.0 Å². The molecule has 0 saturated carbocycles. The van der Waals surface area contributed by atoms with Crippen molar-refractivity contribution in [3.8, 4) is 5.75 Å². The van der Waals surface area contributed by atoms with Crippen LogP contribution in [0, 0.1) is 12.7 Å². The molecular formula is C24H29F2NO4.